The summed E-state index contributed by atoms with van der Waals surface area (Å²) >= 11 is 0. The Labute approximate surface area is 227 Å². The second-order valence-electron chi connectivity index (χ2n) is 9.79. The Morgan fingerprint density at radius 1 is 1.03 bits per heavy atom. The van der Waals surface area contributed by atoms with Crippen molar-refractivity contribution in [3.8, 4) is 11.3 Å². The molecule has 4 aromatic rings. The van der Waals surface area contributed by atoms with Gasteiger partial charge in [-0.3, -0.25) is 23.9 Å². The molecule has 0 radical (unpaired) electrons. The van der Waals surface area contributed by atoms with Crippen LogP contribution in [0.25, 0.3) is 16.9 Å². The highest BCUT2D eigenvalue weighted by molar-refractivity contribution is 5.91. The Hall–Kier alpha value is -4.51. The van der Waals surface area contributed by atoms with E-state index in [1.807, 2.05) is 76.6 Å². The number of pyridine rings is 1. The largest absolute Gasteiger partial charge is 0.378 e. The molecule has 1 fully saturated rings. The minimum atomic E-state index is -0.475. The Bertz CT molecular complexity index is 1430. The van der Waals surface area contributed by atoms with Crippen LogP contribution in [0.3, 0.4) is 0 Å². The number of piperazine rings is 1. The number of hydrogen-bond acceptors (Lipinski definition) is 8. The van der Waals surface area contributed by atoms with Gasteiger partial charge in [0.25, 0.3) is 0 Å². The van der Waals surface area contributed by atoms with E-state index in [1.54, 1.807) is 30.7 Å². The maximum Gasteiger partial charge on any atom is 0.244 e. The molecule has 0 spiro atoms. The van der Waals surface area contributed by atoms with Crippen molar-refractivity contribution in [2.24, 2.45) is 0 Å². The van der Waals surface area contributed by atoms with Gasteiger partial charge in [0.15, 0.2) is 5.65 Å². The molecule has 4 heterocycles. The van der Waals surface area contributed by atoms with Crippen LogP contribution in [0, 0.1) is 0 Å². The third-order valence-corrected chi connectivity index (χ3v) is 6.79. The summed E-state index contributed by atoms with van der Waals surface area (Å²) in [6.07, 6.45) is 6.89. The Morgan fingerprint density at radius 3 is 2.49 bits per heavy atom. The van der Waals surface area contributed by atoms with E-state index in [-0.39, 0.29) is 18.4 Å². The summed E-state index contributed by atoms with van der Waals surface area (Å²) in [6, 6.07) is 13.1. The van der Waals surface area contributed by atoms with Crippen LogP contribution in [0.15, 0.2) is 67.3 Å². The van der Waals surface area contributed by atoms with Gasteiger partial charge in [-0.2, -0.15) is 0 Å². The molecule has 39 heavy (non-hydrogen) atoms. The van der Waals surface area contributed by atoms with Crippen LogP contribution in [0.5, 0.6) is 0 Å². The Kier molecular flexibility index (Phi) is 7.69. The highest BCUT2D eigenvalue weighted by atomic mass is 16.2. The highest BCUT2D eigenvalue weighted by Crippen LogP contribution is 2.30. The van der Waals surface area contributed by atoms with Crippen molar-refractivity contribution >= 4 is 34.8 Å². The zero-order chi connectivity index (χ0) is 27.4. The van der Waals surface area contributed by atoms with Gasteiger partial charge in [0.1, 0.15) is 23.4 Å². The SMILES string of the molecule is CC(Nc1c(-c2ccc(N(C)C)cc2)nc2cnccn12)C(=O)N1CCN(CC(=O)Nc2ccccn2)CC1. The first-order chi connectivity index (χ1) is 18.9. The lowest BCUT2D eigenvalue weighted by Gasteiger charge is -2.35. The van der Waals surface area contributed by atoms with E-state index in [2.05, 4.69) is 20.6 Å². The molecule has 3 aromatic heterocycles. The zero-order valence-electron chi connectivity index (χ0n) is 22.4. The molecule has 1 aromatic carbocycles. The fourth-order valence-corrected chi connectivity index (χ4v) is 4.65. The van der Waals surface area contributed by atoms with Crippen molar-refractivity contribution < 1.29 is 9.59 Å². The third kappa shape index (κ3) is 5.99. The minimum absolute atomic E-state index is 0.00509. The van der Waals surface area contributed by atoms with Crippen LogP contribution >= 0.6 is 0 Å². The first-order valence-corrected chi connectivity index (χ1v) is 13.0. The van der Waals surface area contributed by atoms with Gasteiger partial charge in [-0.15, -0.1) is 0 Å². The Morgan fingerprint density at radius 2 is 1.79 bits per heavy atom. The third-order valence-electron chi connectivity index (χ3n) is 6.79. The van der Waals surface area contributed by atoms with Crippen LogP contribution in [-0.4, -0.2) is 93.8 Å². The number of amides is 2. The molecule has 5 rings (SSSR count). The quantitative estimate of drug-likeness (QED) is 0.360. The molecule has 1 atom stereocenters. The summed E-state index contributed by atoms with van der Waals surface area (Å²) in [5.41, 5.74) is 3.50. The molecule has 2 amide bonds. The fraction of sp³-hybridized carbons (Fsp3) is 0.321. The molecule has 1 aliphatic heterocycles. The van der Waals surface area contributed by atoms with Crippen molar-refractivity contribution in [1.82, 2.24) is 29.2 Å². The number of benzene rings is 1. The molecule has 0 aliphatic carbocycles. The van der Waals surface area contributed by atoms with Gasteiger partial charge in [0.2, 0.25) is 11.8 Å². The number of nitrogens with one attached hydrogen (secondary N) is 2. The molecule has 0 saturated carbocycles. The number of rotatable bonds is 8. The molecule has 0 bridgehead atoms. The lowest BCUT2D eigenvalue weighted by molar-refractivity contribution is -0.133. The maximum absolute atomic E-state index is 13.4. The standard InChI is InChI=1S/C28H33N9O2/c1-20(28(39)36-16-14-35(15-17-36)19-25(38)32-23-6-4-5-11-30-23)31-27-26(33-24-18-29-12-13-37(24)27)21-7-9-22(10-8-21)34(2)3/h4-13,18,20,31H,14-17,19H2,1-3H3,(H,30,32,38). The summed E-state index contributed by atoms with van der Waals surface area (Å²) in [5.74, 6) is 1.17. The molecule has 1 saturated heterocycles. The fourth-order valence-electron chi connectivity index (χ4n) is 4.65. The molecule has 11 nitrogen and oxygen atoms in total. The average Bonchev–Trinajstić information content (AvgIpc) is 3.31. The van der Waals surface area contributed by atoms with E-state index in [1.165, 1.54) is 0 Å². The summed E-state index contributed by atoms with van der Waals surface area (Å²) < 4.78 is 1.92. The molecular formula is C28H33N9O2. The smallest absolute Gasteiger partial charge is 0.244 e. The number of carbonyl (C=O) groups excluding carboxylic acids is 2. The second kappa shape index (κ2) is 11.5. The number of hydrogen-bond donors (Lipinski definition) is 2. The van der Waals surface area contributed by atoms with Gasteiger partial charge in [0.05, 0.1) is 12.7 Å². The van der Waals surface area contributed by atoms with E-state index in [4.69, 9.17) is 4.98 Å². The predicted molar refractivity (Wildman–Crippen MR) is 152 cm³/mol. The lowest BCUT2D eigenvalue weighted by atomic mass is 10.1. The number of fused-ring (bicyclic) bond motifs is 1. The molecule has 202 valence electrons. The van der Waals surface area contributed by atoms with Crippen molar-refractivity contribution in [3.05, 3.63) is 67.3 Å². The molecule has 1 unspecified atom stereocenters. The Balaban J connectivity index is 1.23. The van der Waals surface area contributed by atoms with Crippen molar-refractivity contribution in [3.63, 3.8) is 0 Å². The van der Waals surface area contributed by atoms with E-state index in [0.717, 1.165) is 22.8 Å². The van der Waals surface area contributed by atoms with Crippen LogP contribution in [-0.2, 0) is 9.59 Å². The molecular weight excluding hydrogens is 494 g/mol. The molecule has 2 N–H and O–H groups in total. The van der Waals surface area contributed by atoms with Crippen LogP contribution in [0.4, 0.5) is 17.3 Å². The van der Waals surface area contributed by atoms with Gasteiger partial charge in [-0.25, -0.2) is 9.97 Å². The topological polar surface area (TPSA) is 111 Å². The van der Waals surface area contributed by atoms with Gasteiger partial charge in [0, 0.05) is 70.1 Å². The first kappa shape index (κ1) is 26.1. The second-order valence-corrected chi connectivity index (χ2v) is 9.79. The highest BCUT2D eigenvalue weighted by Gasteiger charge is 2.27. The number of nitrogens with zero attached hydrogens (tertiary/aromatic N) is 7. The predicted octanol–water partition coefficient (Wildman–Crippen LogP) is 2.44. The minimum Gasteiger partial charge on any atom is -0.378 e. The van der Waals surface area contributed by atoms with Crippen molar-refractivity contribution in [1.29, 1.82) is 0 Å². The molecule has 11 heteroatoms. The van der Waals surface area contributed by atoms with E-state index in [0.29, 0.717) is 37.6 Å². The van der Waals surface area contributed by atoms with Gasteiger partial charge < -0.3 is 20.4 Å². The summed E-state index contributed by atoms with van der Waals surface area (Å²) in [6.45, 7) is 4.49. The number of imidazole rings is 1. The number of carbonyl (C=O) groups is 2. The maximum atomic E-state index is 13.4. The van der Waals surface area contributed by atoms with Gasteiger partial charge in [-0.05, 0) is 31.2 Å². The van der Waals surface area contributed by atoms with E-state index >= 15 is 0 Å². The molecule has 1 aliphatic rings. The van der Waals surface area contributed by atoms with Crippen LogP contribution < -0.4 is 15.5 Å². The van der Waals surface area contributed by atoms with Crippen LogP contribution in [0.1, 0.15) is 6.92 Å². The summed E-state index contributed by atoms with van der Waals surface area (Å²) in [5, 5.41) is 6.23. The van der Waals surface area contributed by atoms with Crippen LogP contribution in [0.2, 0.25) is 0 Å². The monoisotopic (exact) mass is 527 g/mol. The lowest BCUT2D eigenvalue weighted by Crippen LogP contribution is -2.53. The zero-order valence-corrected chi connectivity index (χ0v) is 22.4. The average molecular weight is 528 g/mol. The van der Waals surface area contributed by atoms with Crippen molar-refractivity contribution in [2.45, 2.75) is 13.0 Å². The van der Waals surface area contributed by atoms with Gasteiger partial charge >= 0.3 is 0 Å². The normalized spacial score (nSPS) is 14.7. The van der Waals surface area contributed by atoms with Gasteiger partial charge in [-0.1, -0.05) is 18.2 Å². The summed E-state index contributed by atoms with van der Waals surface area (Å²) in [7, 11) is 4.01. The van der Waals surface area contributed by atoms with E-state index in [9.17, 15) is 9.59 Å². The summed E-state index contributed by atoms with van der Waals surface area (Å²) in [4.78, 5) is 44.9. The first-order valence-electron chi connectivity index (χ1n) is 13.0. The number of anilines is 3. The van der Waals surface area contributed by atoms with Crippen molar-refractivity contribution in [2.75, 3.05) is 62.4 Å². The number of aromatic nitrogens is 4. The van der Waals surface area contributed by atoms with E-state index < -0.39 is 6.04 Å².